The number of Topliss-reactive ketones (excluding diaryl/α,β-unsaturated/α-hetero) is 1. The zero-order valence-electron chi connectivity index (χ0n) is 14.1. The van der Waals surface area contributed by atoms with E-state index in [1.807, 2.05) is 6.92 Å². The van der Waals surface area contributed by atoms with Crippen LogP contribution in [0.4, 0.5) is 10.1 Å². The number of carbonyl (C=O) groups excluding carboxylic acids is 3. The maximum Gasteiger partial charge on any atom is 0.341 e. The van der Waals surface area contributed by atoms with Crippen LogP contribution in [0.15, 0.2) is 46.9 Å². The Bertz CT molecular complexity index is 821. The number of hydrogen-bond donors (Lipinski definition) is 1. The zero-order valence-corrected chi connectivity index (χ0v) is 15.6. The quantitative estimate of drug-likeness (QED) is 0.532. The van der Waals surface area contributed by atoms with Crippen LogP contribution >= 0.6 is 15.9 Å². The molecule has 0 aromatic heterocycles. The van der Waals surface area contributed by atoms with Gasteiger partial charge < -0.3 is 10.1 Å². The number of benzene rings is 2. The van der Waals surface area contributed by atoms with Crippen LogP contribution in [0.25, 0.3) is 0 Å². The molecule has 0 heterocycles. The summed E-state index contributed by atoms with van der Waals surface area (Å²) in [5.41, 5.74) is 0.648. The molecule has 1 amide bonds. The number of halogens is 2. The molecule has 136 valence electrons. The van der Waals surface area contributed by atoms with Crippen molar-refractivity contribution in [3.63, 3.8) is 0 Å². The van der Waals surface area contributed by atoms with Crippen LogP contribution < -0.4 is 5.32 Å². The lowest BCUT2D eigenvalue weighted by Crippen LogP contribution is -2.15. The number of ketones is 1. The first-order valence-corrected chi connectivity index (χ1v) is 8.75. The van der Waals surface area contributed by atoms with E-state index in [0.29, 0.717) is 22.1 Å². The van der Waals surface area contributed by atoms with E-state index >= 15 is 0 Å². The highest BCUT2D eigenvalue weighted by Crippen LogP contribution is 2.17. The first kappa shape index (κ1) is 19.8. The van der Waals surface area contributed by atoms with E-state index in [1.54, 1.807) is 12.1 Å². The monoisotopic (exact) mass is 421 g/mol. The highest BCUT2D eigenvalue weighted by molar-refractivity contribution is 9.10. The number of amides is 1. The summed E-state index contributed by atoms with van der Waals surface area (Å²) in [5, 5.41) is 2.71. The minimum absolute atomic E-state index is 0.100. The van der Waals surface area contributed by atoms with Gasteiger partial charge in [-0.2, -0.15) is 0 Å². The third kappa shape index (κ3) is 5.49. The molecular formula is C19H17BrFNO4. The first-order chi connectivity index (χ1) is 12.4. The van der Waals surface area contributed by atoms with Crippen molar-refractivity contribution in [2.75, 3.05) is 11.9 Å². The van der Waals surface area contributed by atoms with Gasteiger partial charge in [0.1, 0.15) is 5.82 Å². The molecule has 0 spiro atoms. The Morgan fingerprint density at radius 2 is 1.81 bits per heavy atom. The number of nitrogens with one attached hydrogen (secondary N) is 1. The summed E-state index contributed by atoms with van der Waals surface area (Å²) in [5.74, 6) is -2.17. The fourth-order valence-corrected chi connectivity index (χ4v) is 2.50. The summed E-state index contributed by atoms with van der Waals surface area (Å²) >= 11 is 3.14. The molecule has 0 bridgehead atoms. The van der Waals surface area contributed by atoms with E-state index in [9.17, 15) is 18.8 Å². The molecule has 7 heteroatoms. The Morgan fingerprint density at radius 1 is 1.12 bits per heavy atom. The van der Waals surface area contributed by atoms with Crippen LogP contribution in [0.2, 0.25) is 0 Å². The lowest BCUT2D eigenvalue weighted by Gasteiger charge is -2.07. The van der Waals surface area contributed by atoms with Crippen molar-refractivity contribution in [3.8, 4) is 0 Å². The fraction of sp³-hybridized carbons (Fsp3) is 0.211. The molecule has 1 N–H and O–H groups in total. The molecule has 2 aromatic rings. The Labute approximate surface area is 158 Å². The predicted molar refractivity (Wildman–Crippen MR) is 98.7 cm³/mol. The molecule has 0 atom stereocenters. The molecule has 0 aliphatic carbocycles. The minimum Gasteiger partial charge on any atom is -0.454 e. The number of esters is 1. The Hall–Kier alpha value is -2.54. The Balaban J connectivity index is 1.94. The van der Waals surface area contributed by atoms with E-state index in [0.717, 1.165) is 12.5 Å². The van der Waals surface area contributed by atoms with Crippen molar-refractivity contribution in [2.24, 2.45) is 0 Å². The summed E-state index contributed by atoms with van der Waals surface area (Å²) in [6.07, 6.45) is 1.16. The van der Waals surface area contributed by atoms with E-state index in [-0.39, 0.29) is 11.5 Å². The summed E-state index contributed by atoms with van der Waals surface area (Å²) in [6.45, 7) is 1.40. The number of anilines is 1. The molecule has 5 nitrogen and oxygen atoms in total. The van der Waals surface area contributed by atoms with Gasteiger partial charge in [-0.3, -0.25) is 9.59 Å². The third-order valence-electron chi connectivity index (χ3n) is 3.45. The van der Waals surface area contributed by atoms with E-state index < -0.39 is 24.2 Å². The van der Waals surface area contributed by atoms with Gasteiger partial charge in [0.25, 0.3) is 0 Å². The van der Waals surface area contributed by atoms with Gasteiger partial charge in [-0.15, -0.1) is 0 Å². The number of carbonyl (C=O) groups is 3. The normalized spacial score (nSPS) is 10.3. The number of ether oxygens (including phenoxy) is 1. The smallest absolute Gasteiger partial charge is 0.341 e. The second-order valence-corrected chi connectivity index (χ2v) is 6.41. The maximum atomic E-state index is 13.6. The Morgan fingerprint density at radius 3 is 2.46 bits per heavy atom. The van der Waals surface area contributed by atoms with E-state index in [1.165, 1.54) is 24.3 Å². The Kier molecular flexibility index (Phi) is 7.03. The van der Waals surface area contributed by atoms with Gasteiger partial charge in [-0.05, 0) is 48.9 Å². The molecule has 26 heavy (non-hydrogen) atoms. The standard InChI is InChI=1S/C19H17BrFNO4/c1-2-3-18(24)22-14-7-4-12(5-8-14)17(23)11-26-19(25)15-10-13(20)6-9-16(15)21/h4-10H,2-3,11H2,1H3,(H,22,24). The number of rotatable bonds is 7. The van der Waals surface area contributed by atoms with Crippen LogP contribution in [0, 0.1) is 5.82 Å². The molecule has 0 aliphatic heterocycles. The van der Waals surface area contributed by atoms with Crippen molar-refractivity contribution in [2.45, 2.75) is 19.8 Å². The first-order valence-electron chi connectivity index (χ1n) is 7.96. The van der Waals surface area contributed by atoms with Crippen molar-refractivity contribution < 1.29 is 23.5 Å². The second kappa shape index (κ2) is 9.24. The van der Waals surface area contributed by atoms with Gasteiger partial charge >= 0.3 is 5.97 Å². The summed E-state index contributed by atoms with van der Waals surface area (Å²) in [4.78, 5) is 35.5. The fourth-order valence-electron chi connectivity index (χ4n) is 2.14. The SMILES string of the molecule is CCCC(=O)Nc1ccc(C(=O)COC(=O)c2cc(Br)ccc2F)cc1. The highest BCUT2D eigenvalue weighted by Gasteiger charge is 2.16. The molecule has 0 saturated carbocycles. The van der Waals surface area contributed by atoms with Gasteiger partial charge in [0, 0.05) is 22.1 Å². The molecule has 2 aromatic carbocycles. The molecule has 0 fully saturated rings. The molecule has 0 unspecified atom stereocenters. The molecule has 0 saturated heterocycles. The van der Waals surface area contributed by atoms with E-state index in [2.05, 4.69) is 21.2 Å². The molecule has 0 aliphatic rings. The van der Waals surface area contributed by atoms with Crippen LogP contribution in [-0.4, -0.2) is 24.3 Å². The number of hydrogen-bond acceptors (Lipinski definition) is 4. The summed E-state index contributed by atoms with van der Waals surface area (Å²) in [7, 11) is 0. The average Bonchev–Trinajstić information content (AvgIpc) is 2.62. The van der Waals surface area contributed by atoms with Gasteiger partial charge in [0.2, 0.25) is 5.91 Å². The lowest BCUT2D eigenvalue weighted by molar-refractivity contribution is -0.116. The van der Waals surface area contributed by atoms with Crippen LogP contribution in [0.1, 0.15) is 40.5 Å². The zero-order chi connectivity index (χ0) is 19.1. The average molecular weight is 422 g/mol. The largest absolute Gasteiger partial charge is 0.454 e. The second-order valence-electron chi connectivity index (χ2n) is 5.50. The summed E-state index contributed by atoms with van der Waals surface area (Å²) in [6, 6.07) is 10.1. The molecule has 2 rings (SSSR count). The van der Waals surface area contributed by atoms with E-state index in [4.69, 9.17) is 4.74 Å². The van der Waals surface area contributed by atoms with Crippen LogP contribution in [0.5, 0.6) is 0 Å². The molecule has 0 radical (unpaired) electrons. The predicted octanol–water partition coefficient (Wildman–Crippen LogP) is 4.37. The minimum atomic E-state index is -0.916. The highest BCUT2D eigenvalue weighted by atomic mass is 79.9. The lowest BCUT2D eigenvalue weighted by atomic mass is 10.1. The van der Waals surface area contributed by atoms with Crippen molar-refractivity contribution in [1.82, 2.24) is 0 Å². The summed E-state index contributed by atoms with van der Waals surface area (Å²) < 4.78 is 19.0. The van der Waals surface area contributed by atoms with Gasteiger partial charge in [0.15, 0.2) is 12.4 Å². The van der Waals surface area contributed by atoms with Gasteiger partial charge in [-0.1, -0.05) is 22.9 Å². The van der Waals surface area contributed by atoms with Crippen LogP contribution in [-0.2, 0) is 9.53 Å². The third-order valence-corrected chi connectivity index (χ3v) is 3.94. The van der Waals surface area contributed by atoms with Gasteiger partial charge in [-0.25, -0.2) is 9.18 Å². The van der Waals surface area contributed by atoms with Crippen molar-refractivity contribution >= 4 is 39.3 Å². The van der Waals surface area contributed by atoms with Crippen molar-refractivity contribution in [3.05, 3.63) is 63.9 Å². The van der Waals surface area contributed by atoms with Crippen LogP contribution in [0.3, 0.4) is 0 Å². The van der Waals surface area contributed by atoms with Gasteiger partial charge in [0.05, 0.1) is 5.56 Å². The van der Waals surface area contributed by atoms with Crippen molar-refractivity contribution in [1.29, 1.82) is 0 Å². The topological polar surface area (TPSA) is 72.5 Å². The maximum absolute atomic E-state index is 13.6. The molecular weight excluding hydrogens is 405 g/mol.